The van der Waals surface area contributed by atoms with Crippen LogP contribution < -0.4 is 5.32 Å². The average molecular weight is 461 g/mol. The minimum absolute atomic E-state index is 0.00324. The number of methoxy groups -OCH3 is 1. The zero-order valence-corrected chi connectivity index (χ0v) is 18.2. The lowest BCUT2D eigenvalue weighted by Crippen LogP contribution is -2.80. The van der Waals surface area contributed by atoms with Crippen LogP contribution in [0, 0.1) is 0 Å². The normalized spacial score (nSPS) is 22.5. The Morgan fingerprint density at radius 2 is 2.03 bits per heavy atom. The molecule has 0 aliphatic carbocycles. The Morgan fingerprint density at radius 3 is 2.71 bits per heavy atom. The van der Waals surface area contributed by atoms with Crippen molar-refractivity contribution in [3.63, 3.8) is 0 Å². The number of nitrogens with one attached hydrogen (secondary N) is 1. The summed E-state index contributed by atoms with van der Waals surface area (Å²) in [5, 5.41) is 14.1. The Morgan fingerprint density at radius 1 is 1.26 bits per heavy atom. The van der Waals surface area contributed by atoms with Gasteiger partial charge >= 0.3 is 5.97 Å². The lowest BCUT2D eigenvalue weighted by molar-refractivity contribution is -0.193. The molecule has 31 heavy (non-hydrogen) atoms. The minimum Gasteiger partial charge on any atom is -0.509 e. The van der Waals surface area contributed by atoms with Gasteiger partial charge in [-0.1, -0.05) is 36.4 Å². The number of aliphatic hydroxyl groups excluding tert-OH is 1. The van der Waals surface area contributed by atoms with Crippen LogP contribution in [0.5, 0.6) is 0 Å². The van der Waals surface area contributed by atoms with Crippen LogP contribution in [0.2, 0.25) is 0 Å². The topological polar surface area (TPSA) is 105 Å². The molecule has 1 saturated heterocycles. The van der Waals surface area contributed by atoms with Crippen molar-refractivity contribution in [1.29, 1.82) is 0 Å². The number of nitrogens with zero attached hydrogens (tertiary/aromatic N) is 1. The second kappa shape index (κ2) is 8.74. The van der Waals surface area contributed by atoms with Gasteiger partial charge < -0.3 is 19.9 Å². The Bertz CT molecular complexity index is 1020. The first-order valence-electron chi connectivity index (χ1n) is 9.43. The fraction of sp³-hybridized carbons (Fsp3) is 0.286. The monoisotopic (exact) mass is 460 g/mol. The van der Waals surface area contributed by atoms with Crippen molar-refractivity contribution in [3.8, 4) is 0 Å². The molecule has 3 heterocycles. The Balaban J connectivity index is 1.48. The SMILES string of the molecule is COC1(NC(=O)Cc2cccs2)C(=O)N2C(C(=O)OCc3ccccc3)=C(O)CS[C@H]21. The number of rotatable bonds is 7. The molecule has 2 N–H and O–H groups in total. The Hall–Kier alpha value is -2.82. The van der Waals surface area contributed by atoms with E-state index in [2.05, 4.69) is 5.32 Å². The van der Waals surface area contributed by atoms with Crippen molar-refractivity contribution in [3.05, 3.63) is 69.7 Å². The quantitative estimate of drug-likeness (QED) is 0.371. The molecule has 1 unspecified atom stereocenters. The van der Waals surface area contributed by atoms with Crippen molar-refractivity contribution in [2.24, 2.45) is 0 Å². The lowest BCUT2D eigenvalue weighted by atomic mass is 9.99. The van der Waals surface area contributed by atoms with Crippen LogP contribution in [0.1, 0.15) is 10.4 Å². The molecule has 8 nitrogen and oxygen atoms in total. The standard InChI is InChI=1S/C21H20N2O6S2/c1-28-21(22-16(25)10-14-8-5-9-30-14)19(27)23-17(15(24)12-31-20(21)23)18(26)29-11-13-6-3-2-4-7-13/h2-9,20,24H,10-12H2,1H3,(H,22,25)/t20-,21?/m0/s1. The second-order valence-corrected chi connectivity index (χ2v) is 9.04. The van der Waals surface area contributed by atoms with E-state index in [1.165, 1.54) is 30.2 Å². The highest BCUT2D eigenvalue weighted by Crippen LogP contribution is 2.46. The summed E-state index contributed by atoms with van der Waals surface area (Å²) >= 11 is 2.63. The summed E-state index contributed by atoms with van der Waals surface area (Å²) in [6.45, 7) is 0.00324. The van der Waals surface area contributed by atoms with E-state index in [-0.39, 0.29) is 36.1 Å². The molecule has 0 saturated carbocycles. The van der Waals surface area contributed by atoms with Gasteiger partial charge in [0.2, 0.25) is 5.91 Å². The highest BCUT2D eigenvalue weighted by molar-refractivity contribution is 8.00. The number of hydrogen-bond acceptors (Lipinski definition) is 8. The summed E-state index contributed by atoms with van der Waals surface area (Å²) in [6.07, 6.45) is 0.112. The van der Waals surface area contributed by atoms with Gasteiger partial charge in [0.25, 0.3) is 11.6 Å². The number of esters is 1. The third kappa shape index (κ3) is 3.93. The van der Waals surface area contributed by atoms with Gasteiger partial charge in [-0.05, 0) is 17.0 Å². The van der Waals surface area contributed by atoms with E-state index in [0.717, 1.165) is 15.3 Å². The van der Waals surface area contributed by atoms with E-state index in [1.807, 2.05) is 35.7 Å². The fourth-order valence-corrected chi connectivity index (χ4v) is 5.46. The first-order chi connectivity index (χ1) is 15.0. The molecule has 4 rings (SSSR count). The summed E-state index contributed by atoms with van der Waals surface area (Å²) in [6, 6.07) is 12.8. The van der Waals surface area contributed by atoms with Crippen LogP contribution in [0.15, 0.2) is 59.3 Å². The van der Waals surface area contributed by atoms with Crippen LogP contribution in [-0.4, -0.2) is 51.8 Å². The molecule has 0 bridgehead atoms. The van der Waals surface area contributed by atoms with Gasteiger partial charge in [-0.3, -0.25) is 14.5 Å². The Labute approximate surface area is 186 Å². The lowest BCUT2D eigenvalue weighted by Gasteiger charge is -2.55. The third-order valence-corrected chi connectivity index (χ3v) is 7.15. The fourth-order valence-electron chi connectivity index (χ4n) is 3.47. The zero-order valence-electron chi connectivity index (χ0n) is 16.6. The van der Waals surface area contributed by atoms with Gasteiger partial charge in [0.05, 0.1) is 12.2 Å². The molecule has 162 valence electrons. The van der Waals surface area contributed by atoms with Gasteiger partial charge in [0, 0.05) is 12.0 Å². The maximum Gasteiger partial charge on any atom is 0.358 e. The van der Waals surface area contributed by atoms with Crippen molar-refractivity contribution in [1.82, 2.24) is 10.2 Å². The molecule has 1 aromatic carbocycles. The van der Waals surface area contributed by atoms with Crippen molar-refractivity contribution < 1.29 is 29.0 Å². The number of thioether (sulfide) groups is 1. The molecule has 2 amide bonds. The zero-order chi connectivity index (χ0) is 22.0. The maximum atomic E-state index is 13.0. The van der Waals surface area contributed by atoms with Crippen LogP contribution in [0.3, 0.4) is 0 Å². The second-order valence-electron chi connectivity index (χ2n) is 6.94. The Kier molecular flexibility index (Phi) is 6.03. The number of benzene rings is 1. The van der Waals surface area contributed by atoms with E-state index in [4.69, 9.17) is 9.47 Å². The van der Waals surface area contributed by atoms with Crippen molar-refractivity contribution in [2.45, 2.75) is 24.1 Å². The van der Waals surface area contributed by atoms with Crippen molar-refractivity contribution in [2.75, 3.05) is 12.9 Å². The smallest absolute Gasteiger partial charge is 0.358 e. The molecule has 1 fully saturated rings. The summed E-state index contributed by atoms with van der Waals surface area (Å²) < 4.78 is 10.7. The number of hydrogen-bond donors (Lipinski definition) is 2. The van der Waals surface area contributed by atoms with Crippen molar-refractivity contribution >= 4 is 40.9 Å². The van der Waals surface area contributed by atoms with Gasteiger partial charge in [-0.15, -0.1) is 23.1 Å². The first kappa shape index (κ1) is 21.4. The highest BCUT2D eigenvalue weighted by atomic mass is 32.2. The number of carbonyl (C=O) groups excluding carboxylic acids is 3. The van der Waals surface area contributed by atoms with Crippen LogP contribution >= 0.6 is 23.1 Å². The molecule has 0 radical (unpaired) electrons. The summed E-state index contributed by atoms with van der Waals surface area (Å²) in [5.41, 5.74) is -1.05. The largest absolute Gasteiger partial charge is 0.509 e. The molecule has 2 atom stereocenters. The highest BCUT2D eigenvalue weighted by Gasteiger charge is 2.67. The molecule has 2 aliphatic rings. The van der Waals surface area contributed by atoms with Crippen LogP contribution in [-0.2, 0) is 36.9 Å². The number of carbonyl (C=O) groups is 3. The number of amides is 2. The number of fused-ring (bicyclic) bond motifs is 1. The van der Waals surface area contributed by atoms with Crippen LogP contribution in [0.25, 0.3) is 0 Å². The van der Waals surface area contributed by atoms with E-state index < -0.39 is 23.0 Å². The van der Waals surface area contributed by atoms with E-state index >= 15 is 0 Å². The molecule has 2 aromatic rings. The maximum absolute atomic E-state index is 13.0. The predicted molar refractivity (Wildman–Crippen MR) is 115 cm³/mol. The van der Waals surface area contributed by atoms with E-state index in [1.54, 1.807) is 12.1 Å². The molecular formula is C21H20N2O6S2. The number of ether oxygens (including phenoxy) is 2. The predicted octanol–water partition coefficient (Wildman–Crippen LogP) is 2.18. The molecule has 1 aromatic heterocycles. The molecule has 10 heteroatoms. The van der Waals surface area contributed by atoms with E-state index in [9.17, 15) is 19.5 Å². The van der Waals surface area contributed by atoms with Gasteiger partial charge in [-0.2, -0.15) is 0 Å². The minimum atomic E-state index is -1.61. The number of thiophene rings is 1. The third-order valence-electron chi connectivity index (χ3n) is 4.98. The van der Waals surface area contributed by atoms with Gasteiger partial charge in [0.15, 0.2) is 5.70 Å². The molecule has 2 aliphatic heterocycles. The first-order valence-corrected chi connectivity index (χ1v) is 11.4. The van der Waals surface area contributed by atoms with E-state index in [0.29, 0.717) is 0 Å². The summed E-state index contributed by atoms with van der Waals surface area (Å²) in [4.78, 5) is 40.2. The van der Waals surface area contributed by atoms with Gasteiger partial charge in [-0.25, -0.2) is 4.79 Å². The molecular weight excluding hydrogens is 440 g/mol. The summed E-state index contributed by atoms with van der Waals surface area (Å²) in [5.74, 6) is -1.98. The number of β-lactam (4-membered cyclic amide) rings is 1. The van der Waals surface area contributed by atoms with Gasteiger partial charge in [0.1, 0.15) is 17.7 Å². The number of aliphatic hydroxyl groups is 1. The average Bonchev–Trinajstić information content (AvgIpc) is 3.29. The molecule has 0 spiro atoms. The summed E-state index contributed by atoms with van der Waals surface area (Å²) in [7, 11) is 1.33. The van der Waals surface area contributed by atoms with Crippen LogP contribution in [0.4, 0.5) is 0 Å².